The van der Waals surface area contributed by atoms with E-state index in [1.807, 2.05) is 30.3 Å². The van der Waals surface area contributed by atoms with Gasteiger partial charge in [0.2, 0.25) is 5.91 Å². The van der Waals surface area contributed by atoms with Gasteiger partial charge in [0.15, 0.2) is 6.29 Å². The Morgan fingerprint density at radius 1 is 0.964 bits per heavy atom. The van der Waals surface area contributed by atoms with Crippen molar-refractivity contribution in [2.45, 2.75) is 38.5 Å². The molecule has 1 amide bonds. The molecule has 0 unspecified atom stereocenters. The second-order valence-electron chi connectivity index (χ2n) is 9.27. The van der Waals surface area contributed by atoms with Crippen molar-refractivity contribution in [1.29, 1.82) is 0 Å². The predicted octanol–water partition coefficient (Wildman–Crippen LogP) is 5.55. The monoisotopic (exact) mass is 373 g/mol. The molecule has 4 saturated carbocycles. The summed E-state index contributed by atoms with van der Waals surface area (Å²) in [5.41, 5.74) is 2.34. The molecule has 0 radical (unpaired) electrons. The number of hydrogen-bond acceptors (Lipinski definition) is 3. The highest BCUT2D eigenvalue weighted by molar-refractivity contribution is 6.17. The Morgan fingerprint density at radius 3 is 2.32 bits per heavy atom. The lowest BCUT2D eigenvalue weighted by Gasteiger charge is -2.55. The minimum atomic E-state index is -0.253. The number of carbonyl (C=O) groups is 2. The molecule has 1 aromatic heterocycles. The van der Waals surface area contributed by atoms with Gasteiger partial charge in [-0.05, 0) is 74.5 Å². The lowest BCUT2D eigenvalue weighted by Crippen LogP contribution is -2.51. The van der Waals surface area contributed by atoms with Crippen LogP contribution in [0.1, 0.15) is 48.9 Å². The molecule has 142 valence electrons. The van der Waals surface area contributed by atoms with Crippen molar-refractivity contribution < 1.29 is 14.0 Å². The maximum atomic E-state index is 13.6. The van der Waals surface area contributed by atoms with Gasteiger partial charge in [0.05, 0.1) is 16.5 Å². The molecule has 2 aromatic carbocycles. The number of benzene rings is 2. The van der Waals surface area contributed by atoms with Crippen LogP contribution in [-0.4, -0.2) is 12.2 Å². The van der Waals surface area contributed by atoms with E-state index >= 15 is 0 Å². The molecular formula is C24H23NO3. The van der Waals surface area contributed by atoms with Crippen LogP contribution < -0.4 is 5.32 Å². The van der Waals surface area contributed by atoms with Gasteiger partial charge in [0.25, 0.3) is 0 Å². The fraction of sp³-hybridized carbons (Fsp3) is 0.417. The number of aldehydes is 1. The zero-order chi connectivity index (χ0) is 18.9. The molecule has 7 rings (SSSR count). The van der Waals surface area contributed by atoms with E-state index in [0.29, 0.717) is 34.6 Å². The first kappa shape index (κ1) is 16.3. The first-order valence-electron chi connectivity index (χ1n) is 10.4. The molecule has 1 heterocycles. The van der Waals surface area contributed by atoms with Crippen LogP contribution in [0.15, 0.2) is 40.8 Å². The van der Waals surface area contributed by atoms with Crippen molar-refractivity contribution in [1.82, 2.24) is 0 Å². The third-order valence-corrected chi connectivity index (χ3v) is 7.46. The van der Waals surface area contributed by atoms with Crippen molar-refractivity contribution in [3.8, 4) is 0 Å². The van der Waals surface area contributed by atoms with E-state index in [9.17, 15) is 9.59 Å². The van der Waals surface area contributed by atoms with Crippen LogP contribution in [0.5, 0.6) is 0 Å². The molecule has 28 heavy (non-hydrogen) atoms. The van der Waals surface area contributed by atoms with Crippen LogP contribution >= 0.6 is 0 Å². The zero-order valence-corrected chi connectivity index (χ0v) is 15.7. The largest absolute Gasteiger partial charge is 0.456 e. The van der Waals surface area contributed by atoms with Gasteiger partial charge in [-0.2, -0.15) is 0 Å². The van der Waals surface area contributed by atoms with E-state index in [2.05, 4.69) is 5.32 Å². The highest BCUT2D eigenvalue weighted by atomic mass is 16.3. The Balaban J connectivity index is 1.46. The van der Waals surface area contributed by atoms with Gasteiger partial charge in [0.1, 0.15) is 11.2 Å². The van der Waals surface area contributed by atoms with Gasteiger partial charge in [-0.15, -0.1) is 0 Å². The SMILES string of the molecule is O=Cc1ccc2oc3ccccc3c2c1NC(=O)C12CC3CC(CC(C3)C1)C2. The van der Waals surface area contributed by atoms with Gasteiger partial charge in [0, 0.05) is 10.9 Å². The van der Waals surface area contributed by atoms with Crippen molar-refractivity contribution in [3.05, 3.63) is 42.0 Å². The number of fused-ring (bicyclic) bond motifs is 3. The second-order valence-corrected chi connectivity index (χ2v) is 9.27. The Bertz CT molecular complexity index is 1090. The van der Waals surface area contributed by atoms with Gasteiger partial charge in [-0.1, -0.05) is 18.2 Å². The minimum absolute atomic E-state index is 0.104. The molecule has 4 bridgehead atoms. The summed E-state index contributed by atoms with van der Waals surface area (Å²) in [6, 6.07) is 11.3. The average molecular weight is 373 g/mol. The van der Waals surface area contributed by atoms with E-state index in [-0.39, 0.29) is 11.3 Å². The highest BCUT2D eigenvalue weighted by Crippen LogP contribution is 2.60. The number of amides is 1. The van der Waals surface area contributed by atoms with Gasteiger partial charge in [-0.25, -0.2) is 0 Å². The summed E-state index contributed by atoms with van der Waals surface area (Å²) >= 11 is 0. The lowest BCUT2D eigenvalue weighted by atomic mass is 9.49. The molecule has 0 spiro atoms. The summed E-state index contributed by atoms with van der Waals surface area (Å²) in [6.07, 6.45) is 7.74. The highest BCUT2D eigenvalue weighted by Gasteiger charge is 2.54. The van der Waals surface area contributed by atoms with Crippen LogP contribution in [0.3, 0.4) is 0 Å². The maximum absolute atomic E-state index is 13.6. The van der Waals surface area contributed by atoms with E-state index in [1.165, 1.54) is 19.3 Å². The number of para-hydroxylation sites is 1. The quantitative estimate of drug-likeness (QED) is 0.612. The second kappa shape index (κ2) is 5.69. The molecule has 3 aromatic rings. The van der Waals surface area contributed by atoms with Crippen molar-refractivity contribution in [2.75, 3.05) is 5.32 Å². The number of carbonyl (C=O) groups excluding carboxylic acids is 2. The molecule has 4 nitrogen and oxygen atoms in total. The number of nitrogens with one attached hydrogen (secondary N) is 1. The molecule has 4 fully saturated rings. The third kappa shape index (κ3) is 2.24. The first-order valence-corrected chi connectivity index (χ1v) is 10.4. The van der Waals surface area contributed by atoms with Crippen LogP contribution in [-0.2, 0) is 4.79 Å². The van der Waals surface area contributed by atoms with Crippen LogP contribution in [0.25, 0.3) is 21.9 Å². The number of furan rings is 1. The zero-order valence-electron chi connectivity index (χ0n) is 15.7. The third-order valence-electron chi connectivity index (χ3n) is 7.46. The van der Waals surface area contributed by atoms with Gasteiger partial charge < -0.3 is 9.73 Å². The van der Waals surface area contributed by atoms with Crippen LogP contribution in [0.4, 0.5) is 5.69 Å². The van der Waals surface area contributed by atoms with Crippen molar-refractivity contribution in [3.63, 3.8) is 0 Å². The van der Waals surface area contributed by atoms with Crippen LogP contribution in [0, 0.1) is 23.2 Å². The first-order chi connectivity index (χ1) is 13.6. The van der Waals surface area contributed by atoms with E-state index in [4.69, 9.17) is 4.42 Å². The Labute approximate surface area is 163 Å². The molecule has 1 N–H and O–H groups in total. The molecular weight excluding hydrogens is 350 g/mol. The topological polar surface area (TPSA) is 59.3 Å². The summed E-state index contributed by atoms with van der Waals surface area (Å²) in [4.78, 5) is 25.4. The fourth-order valence-corrected chi connectivity index (χ4v) is 6.70. The fourth-order valence-electron chi connectivity index (χ4n) is 6.70. The van der Waals surface area contributed by atoms with E-state index in [0.717, 1.165) is 41.9 Å². The van der Waals surface area contributed by atoms with Crippen molar-refractivity contribution >= 4 is 39.8 Å². The van der Waals surface area contributed by atoms with E-state index < -0.39 is 0 Å². The Hall–Kier alpha value is -2.62. The molecule has 0 atom stereocenters. The number of hydrogen-bond donors (Lipinski definition) is 1. The van der Waals surface area contributed by atoms with E-state index in [1.54, 1.807) is 6.07 Å². The lowest BCUT2D eigenvalue weighted by molar-refractivity contribution is -0.140. The minimum Gasteiger partial charge on any atom is -0.456 e. The smallest absolute Gasteiger partial charge is 0.230 e. The number of rotatable bonds is 3. The Kier molecular flexibility index (Phi) is 3.32. The van der Waals surface area contributed by atoms with Gasteiger partial charge in [-0.3, -0.25) is 9.59 Å². The maximum Gasteiger partial charge on any atom is 0.230 e. The summed E-state index contributed by atoms with van der Waals surface area (Å²) in [7, 11) is 0. The summed E-state index contributed by atoms with van der Waals surface area (Å²) in [6.45, 7) is 0. The normalized spacial score (nSPS) is 30.8. The number of anilines is 1. The molecule has 4 aliphatic carbocycles. The molecule has 4 aliphatic rings. The average Bonchev–Trinajstić information content (AvgIpc) is 3.06. The van der Waals surface area contributed by atoms with Crippen LogP contribution in [0.2, 0.25) is 0 Å². The van der Waals surface area contributed by atoms with Gasteiger partial charge >= 0.3 is 0 Å². The summed E-state index contributed by atoms with van der Waals surface area (Å²) in [5, 5.41) is 4.97. The predicted molar refractivity (Wildman–Crippen MR) is 108 cm³/mol. The standard InChI is InChI=1S/C24H23NO3/c26-13-17-5-6-20-21(18-3-1-2-4-19(18)28-20)22(17)25-23(27)24-10-14-7-15(11-24)9-16(8-14)12-24/h1-6,13-16H,7-12H2,(H,25,27). The molecule has 0 saturated heterocycles. The molecule has 0 aliphatic heterocycles. The molecule has 4 heteroatoms. The summed E-state index contributed by atoms with van der Waals surface area (Å²) < 4.78 is 5.96. The summed E-state index contributed by atoms with van der Waals surface area (Å²) in [5.74, 6) is 2.21. The van der Waals surface area contributed by atoms with Crippen molar-refractivity contribution in [2.24, 2.45) is 23.2 Å². The Morgan fingerprint density at radius 2 is 1.64 bits per heavy atom.